The normalized spacial score (nSPS) is 12.8. The third-order valence-electron chi connectivity index (χ3n) is 1.63. The summed E-state index contributed by atoms with van der Waals surface area (Å²) >= 11 is 1.38. The Morgan fingerprint density at radius 1 is 1.77 bits per heavy atom. The topological polar surface area (TPSA) is 76.2 Å². The molecule has 0 aromatic carbocycles. The van der Waals surface area contributed by atoms with Crippen LogP contribution in [0.15, 0.2) is 0 Å². The van der Waals surface area contributed by atoms with Gasteiger partial charge in [0, 0.05) is 4.88 Å². The zero-order valence-corrected chi connectivity index (χ0v) is 8.39. The highest BCUT2D eigenvalue weighted by molar-refractivity contribution is 7.12. The molecule has 0 aliphatic carbocycles. The minimum absolute atomic E-state index is 0.153. The van der Waals surface area contributed by atoms with Gasteiger partial charge in [-0.25, -0.2) is 9.78 Å². The average Bonchev–Trinajstić information content (AvgIpc) is 2.47. The third-order valence-corrected chi connectivity index (χ3v) is 3.03. The van der Waals surface area contributed by atoms with Crippen molar-refractivity contribution in [2.45, 2.75) is 26.3 Å². The number of carboxylic acids is 1. The minimum atomic E-state index is -0.972. The van der Waals surface area contributed by atoms with Crippen LogP contribution in [0.2, 0.25) is 0 Å². The Balaban J connectivity index is 3.11. The van der Waals surface area contributed by atoms with Crippen LogP contribution >= 0.6 is 11.3 Å². The number of carbonyl (C=O) groups is 1. The van der Waals surface area contributed by atoms with E-state index in [2.05, 4.69) is 4.98 Å². The van der Waals surface area contributed by atoms with Crippen molar-refractivity contribution in [3.05, 3.63) is 15.6 Å². The largest absolute Gasteiger partial charge is 0.476 e. The van der Waals surface area contributed by atoms with Crippen molar-refractivity contribution in [1.82, 2.24) is 4.98 Å². The van der Waals surface area contributed by atoms with E-state index >= 15 is 0 Å². The van der Waals surface area contributed by atoms with Crippen molar-refractivity contribution < 1.29 is 9.90 Å². The second kappa shape index (κ2) is 3.85. The molecule has 0 aliphatic rings. The maximum absolute atomic E-state index is 10.7. The molecule has 72 valence electrons. The lowest BCUT2D eigenvalue weighted by Gasteiger charge is -1.95. The number of nitrogens with zero attached hydrogens (tertiary/aromatic N) is 1. The molecular formula is C8H12N2O2S. The predicted octanol–water partition coefficient (Wildman–Crippen LogP) is 1.42. The minimum Gasteiger partial charge on any atom is -0.476 e. The molecule has 13 heavy (non-hydrogen) atoms. The van der Waals surface area contributed by atoms with Crippen molar-refractivity contribution in [3.8, 4) is 0 Å². The summed E-state index contributed by atoms with van der Waals surface area (Å²) in [6.07, 6.45) is 0.687. The van der Waals surface area contributed by atoms with Crippen LogP contribution in [0.1, 0.15) is 40.3 Å². The maximum atomic E-state index is 10.7. The number of nitrogens with two attached hydrogens (primary N) is 1. The molecule has 5 heteroatoms. The highest BCUT2D eigenvalue weighted by atomic mass is 32.1. The van der Waals surface area contributed by atoms with E-state index in [1.165, 1.54) is 11.3 Å². The van der Waals surface area contributed by atoms with Gasteiger partial charge in [-0.15, -0.1) is 11.3 Å². The molecule has 1 rings (SSSR count). The first-order valence-electron chi connectivity index (χ1n) is 4.04. The van der Waals surface area contributed by atoms with E-state index in [1.54, 1.807) is 6.92 Å². The van der Waals surface area contributed by atoms with Gasteiger partial charge in [0.05, 0.1) is 6.04 Å². The van der Waals surface area contributed by atoms with Crippen molar-refractivity contribution in [1.29, 1.82) is 0 Å². The third kappa shape index (κ3) is 2.05. The summed E-state index contributed by atoms with van der Waals surface area (Å²) in [7, 11) is 0. The summed E-state index contributed by atoms with van der Waals surface area (Å²) in [5, 5.41) is 9.48. The fourth-order valence-electron chi connectivity index (χ4n) is 0.971. The van der Waals surface area contributed by atoms with Crippen LogP contribution in [0.5, 0.6) is 0 Å². The van der Waals surface area contributed by atoms with Crippen LogP contribution in [0.3, 0.4) is 0 Å². The molecule has 0 bridgehead atoms. The molecule has 1 unspecified atom stereocenters. The van der Waals surface area contributed by atoms with Crippen molar-refractivity contribution in [2.24, 2.45) is 5.73 Å². The van der Waals surface area contributed by atoms with Gasteiger partial charge in [-0.1, -0.05) is 6.92 Å². The van der Waals surface area contributed by atoms with E-state index in [0.717, 1.165) is 4.88 Å². The summed E-state index contributed by atoms with van der Waals surface area (Å²) in [5.41, 5.74) is 5.76. The standard InChI is InChI=1S/C8H12N2O2S/c1-3-5-6(8(11)12)10-7(13-5)4(2)9/h4H,3,9H2,1-2H3,(H,11,12). The van der Waals surface area contributed by atoms with Crippen LogP contribution in [-0.4, -0.2) is 16.1 Å². The quantitative estimate of drug-likeness (QED) is 0.773. The first-order chi connectivity index (χ1) is 6.06. The molecule has 3 N–H and O–H groups in total. The highest BCUT2D eigenvalue weighted by Gasteiger charge is 2.17. The number of aromatic nitrogens is 1. The van der Waals surface area contributed by atoms with E-state index in [4.69, 9.17) is 10.8 Å². The molecule has 0 amide bonds. The second-order valence-corrected chi connectivity index (χ2v) is 3.89. The van der Waals surface area contributed by atoms with Gasteiger partial charge in [0.15, 0.2) is 5.69 Å². The molecule has 0 saturated carbocycles. The fraction of sp³-hybridized carbons (Fsp3) is 0.500. The van der Waals surface area contributed by atoms with E-state index in [-0.39, 0.29) is 11.7 Å². The van der Waals surface area contributed by atoms with Crippen LogP contribution in [0.25, 0.3) is 0 Å². The highest BCUT2D eigenvalue weighted by Crippen LogP contribution is 2.23. The van der Waals surface area contributed by atoms with Gasteiger partial charge in [0.25, 0.3) is 0 Å². The maximum Gasteiger partial charge on any atom is 0.355 e. The molecule has 0 spiro atoms. The molecule has 1 atom stereocenters. The average molecular weight is 200 g/mol. The number of thiazole rings is 1. The lowest BCUT2D eigenvalue weighted by Crippen LogP contribution is -2.06. The van der Waals surface area contributed by atoms with E-state index in [1.807, 2.05) is 6.92 Å². The van der Waals surface area contributed by atoms with Gasteiger partial charge in [0.2, 0.25) is 0 Å². The summed E-state index contributed by atoms with van der Waals surface area (Å²) in [6, 6.07) is -0.191. The summed E-state index contributed by atoms with van der Waals surface area (Å²) in [5.74, 6) is -0.972. The van der Waals surface area contributed by atoms with Gasteiger partial charge >= 0.3 is 5.97 Å². The molecule has 0 fully saturated rings. The smallest absolute Gasteiger partial charge is 0.355 e. The number of hydrogen-bond donors (Lipinski definition) is 2. The Kier molecular flexibility index (Phi) is 3.00. The Bertz CT molecular complexity index is 320. The number of aryl methyl sites for hydroxylation is 1. The van der Waals surface area contributed by atoms with Crippen LogP contribution in [-0.2, 0) is 6.42 Å². The van der Waals surface area contributed by atoms with E-state index in [9.17, 15) is 4.79 Å². The number of carboxylic acid groups (broad SMARTS) is 1. The molecule has 0 saturated heterocycles. The first-order valence-corrected chi connectivity index (χ1v) is 4.86. The van der Waals surface area contributed by atoms with Crippen LogP contribution in [0.4, 0.5) is 0 Å². The lowest BCUT2D eigenvalue weighted by atomic mass is 10.3. The van der Waals surface area contributed by atoms with Crippen molar-refractivity contribution in [3.63, 3.8) is 0 Å². The fourth-order valence-corrected chi connectivity index (χ4v) is 1.92. The van der Waals surface area contributed by atoms with Gasteiger partial charge in [-0.3, -0.25) is 0 Å². The van der Waals surface area contributed by atoms with Gasteiger partial charge in [0.1, 0.15) is 5.01 Å². The SMILES string of the molecule is CCc1sc(C(C)N)nc1C(=O)O. The Hall–Kier alpha value is -0.940. The first kappa shape index (κ1) is 10.1. The summed E-state index contributed by atoms with van der Waals surface area (Å²) < 4.78 is 0. The zero-order valence-electron chi connectivity index (χ0n) is 7.57. The molecule has 1 heterocycles. The van der Waals surface area contributed by atoms with Crippen LogP contribution < -0.4 is 5.73 Å². The summed E-state index contributed by atoms with van der Waals surface area (Å²) in [6.45, 7) is 3.70. The zero-order chi connectivity index (χ0) is 10.0. The lowest BCUT2D eigenvalue weighted by molar-refractivity contribution is 0.0690. The van der Waals surface area contributed by atoms with Crippen LogP contribution in [0, 0.1) is 0 Å². The predicted molar refractivity (Wildman–Crippen MR) is 51.1 cm³/mol. The van der Waals surface area contributed by atoms with Gasteiger partial charge in [-0.05, 0) is 13.3 Å². The Morgan fingerprint density at radius 3 is 2.69 bits per heavy atom. The molecule has 1 aromatic heterocycles. The molecule has 1 aromatic rings. The Morgan fingerprint density at radius 2 is 2.38 bits per heavy atom. The van der Waals surface area contributed by atoms with Gasteiger partial charge < -0.3 is 10.8 Å². The molecular weight excluding hydrogens is 188 g/mol. The van der Waals surface area contributed by atoms with E-state index < -0.39 is 5.97 Å². The number of rotatable bonds is 3. The second-order valence-electron chi connectivity index (χ2n) is 2.77. The van der Waals surface area contributed by atoms with Crippen molar-refractivity contribution >= 4 is 17.3 Å². The number of hydrogen-bond acceptors (Lipinski definition) is 4. The van der Waals surface area contributed by atoms with Crippen molar-refractivity contribution in [2.75, 3.05) is 0 Å². The summed E-state index contributed by atoms with van der Waals surface area (Å²) in [4.78, 5) is 15.5. The van der Waals surface area contributed by atoms with Gasteiger partial charge in [-0.2, -0.15) is 0 Å². The monoisotopic (exact) mass is 200 g/mol. The van der Waals surface area contributed by atoms with E-state index in [0.29, 0.717) is 11.4 Å². The number of aromatic carboxylic acids is 1. The molecule has 4 nitrogen and oxygen atoms in total. The molecule has 0 aliphatic heterocycles. The molecule has 0 radical (unpaired) electrons. The Labute approximate surface area is 80.4 Å².